The molecule has 2 N–H and O–H groups in total. The number of halogens is 1. The number of anilines is 2. The Labute approximate surface area is 206 Å². The fraction of sp³-hybridized carbons (Fsp3) is 0.0769. The predicted molar refractivity (Wildman–Crippen MR) is 135 cm³/mol. The maximum absolute atomic E-state index is 12.2. The molecule has 0 fully saturated rings. The summed E-state index contributed by atoms with van der Waals surface area (Å²) >= 11 is 5.95. The summed E-state index contributed by atoms with van der Waals surface area (Å²) in [5, 5.41) is 10.2. The maximum atomic E-state index is 12.2. The number of hydrogen-bond acceptors (Lipinski definition) is 5. The second-order valence-corrected chi connectivity index (χ2v) is 8.44. The van der Waals surface area contributed by atoms with E-state index in [1.165, 1.54) is 5.56 Å². The van der Waals surface area contributed by atoms with Gasteiger partial charge >= 0.3 is 6.03 Å². The number of hydrogen-bond donors (Lipinski definition) is 2. The van der Waals surface area contributed by atoms with Crippen molar-refractivity contribution >= 4 is 29.0 Å². The zero-order valence-electron chi connectivity index (χ0n) is 18.8. The Morgan fingerprint density at radius 3 is 2.54 bits per heavy atom. The van der Waals surface area contributed by atoms with Crippen molar-refractivity contribution in [3.63, 3.8) is 0 Å². The van der Waals surface area contributed by atoms with Gasteiger partial charge in [0.05, 0.1) is 6.33 Å². The lowest BCUT2D eigenvalue weighted by molar-refractivity contribution is 0.262. The maximum Gasteiger partial charge on any atom is 0.323 e. The minimum Gasteiger partial charge on any atom is -0.332 e. The molecule has 2 amide bonds. The molecule has 3 aromatic carbocycles. The Bertz CT molecular complexity index is 1460. The van der Waals surface area contributed by atoms with E-state index in [-0.39, 0.29) is 6.03 Å². The van der Waals surface area contributed by atoms with E-state index in [4.69, 9.17) is 16.1 Å². The van der Waals surface area contributed by atoms with Gasteiger partial charge in [-0.15, -0.1) is 0 Å². The van der Waals surface area contributed by atoms with Crippen molar-refractivity contribution in [1.29, 1.82) is 0 Å². The van der Waals surface area contributed by atoms with Crippen LogP contribution in [-0.4, -0.2) is 25.7 Å². The van der Waals surface area contributed by atoms with E-state index in [9.17, 15) is 4.79 Å². The molecule has 0 unspecified atom stereocenters. The average molecular weight is 485 g/mol. The highest BCUT2D eigenvalue weighted by molar-refractivity contribution is 6.30. The number of imidazole rings is 1. The van der Waals surface area contributed by atoms with Gasteiger partial charge in [0.2, 0.25) is 5.82 Å². The lowest BCUT2D eigenvalue weighted by atomic mass is 10.1. The number of amides is 2. The van der Waals surface area contributed by atoms with Crippen LogP contribution >= 0.6 is 11.6 Å². The van der Waals surface area contributed by atoms with Crippen molar-refractivity contribution in [2.24, 2.45) is 0 Å². The Morgan fingerprint density at radius 1 is 1.00 bits per heavy atom. The molecule has 5 rings (SSSR count). The molecule has 8 nitrogen and oxygen atoms in total. The number of carbonyl (C=O) groups excluding carboxylic acids is 1. The first-order chi connectivity index (χ1) is 17.0. The summed E-state index contributed by atoms with van der Waals surface area (Å²) in [7, 11) is 0. The van der Waals surface area contributed by atoms with Gasteiger partial charge in [0.25, 0.3) is 5.89 Å². The van der Waals surface area contributed by atoms with Gasteiger partial charge in [0, 0.05) is 34.7 Å². The van der Waals surface area contributed by atoms with Crippen LogP contribution in [0.25, 0.3) is 23.0 Å². The van der Waals surface area contributed by atoms with Crippen LogP contribution in [-0.2, 0) is 6.54 Å². The van der Waals surface area contributed by atoms with E-state index in [1.54, 1.807) is 30.6 Å². The van der Waals surface area contributed by atoms with Gasteiger partial charge < -0.3 is 19.7 Å². The summed E-state index contributed by atoms with van der Waals surface area (Å²) < 4.78 is 7.34. The Kier molecular flexibility index (Phi) is 6.28. The Morgan fingerprint density at radius 2 is 1.77 bits per heavy atom. The largest absolute Gasteiger partial charge is 0.332 e. The van der Waals surface area contributed by atoms with Crippen LogP contribution in [0.3, 0.4) is 0 Å². The Balaban J connectivity index is 1.20. The molecule has 5 aromatic rings. The first kappa shape index (κ1) is 22.4. The SMILES string of the molecule is Cc1ccc(-c2noc(-c3cn(Cc4ccc(NC(=O)Nc5cccc(Cl)c5)cc4)cn3)n2)cc1. The van der Waals surface area contributed by atoms with Crippen molar-refractivity contribution in [3.05, 3.63) is 101 Å². The van der Waals surface area contributed by atoms with Crippen LogP contribution in [0.1, 0.15) is 11.1 Å². The molecule has 35 heavy (non-hydrogen) atoms. The van der Waals surface area contributed by atoms with Gasteiger partial charge in [-0.05, 0) is 42.8 Å². The van der Waals surface area contributed by atoms with E-state index in [1.807, 2.05) is 66.2 Å². The van der Waals surface area contributed by atoms with Crippen molar-refractivity contribution in [1.82, 2.24) is 19.7 Å². The van der Waals surface area contributed by atoms with E-state index in [0.29, 0.717) is 40.4 Å². The summed E-state index contributed by atoms with van der Waals surface area (Å²) in [5.41, 5.74) is 5.00. The van der Waals surface area contributed by atoms with Gasteiger partial charge in [-0.1, -0.05) is 64.8 Å². The number of benzene rings is 3. The molecule has 2 aromatic heterocycles. The zero-order chi connectivity index (χ0) is 24.2. The molecule has 0 radical (unpaired) electrons. The molecule has 0 saturated carbocycles. The summed E-state index contributed by atoms with van der Waals surface area (Å²) in [5.74, 6) is 0.890. The van der Waals surface area contributed by atoms with E-state index < -0.39 is 0 Å². The molecular formula is C26H21ClN6O2. The minimum atomic E-state index is -0.344. The zero-order valence-corrected chi connectivity index (χ0v) is 19.5. The Hall–Kier alpha value is -4.43. The van der Waals surface area contributed by atoms with Crippen molar-refractivity contribution in [2.45, 2.75) is 13.5 Å². The van der Waals surface area contributed by atoms with E-state index in [2.05, 4.69) is 25.8 Å². The van der Waals surface area contributed by atoms with Crippen LogP contribution in [0.15, 0.2) is 89.8 Å². The van der Waals surface area contributed by atoms with Gasteiger partial charge in [-0.2, -0.15) is 4.98 Å². The highest BCUT2D eigenvalue weighted by atomic mass is 35.5. The van der Waals surface area contributed by atoms with Crippen molar-refractivity contribution < 1.29 is 9.32 Å². The fourth-order valence-electron chi connectivity index (χ4n) is 3.47. The van der Waals surface area contributed by atoms with Gasteiger partial charge in [0.1, 0.15) is 5.69 Å². The molecule has 174 valence electrons. The minimum absolute atomic E-state index is 0.344. The summed E-state index contributed by atoms with van der Waals surface area (Å²) in [6, 6.07) is 22.1. The smallest absolute Gasteiger partial charge is 0.323 e. The normalized spacial score (nSPS) is 10.8. The number of nitrogens with zero attached hydrogens (tertiary/aromatic N) is 4. The molecule has 0 aliphatic carbocycles. The summed E-state index contributed by atoms with van der Waals surface area (Å²) in [6.45, 7) is 2.63. The molecule has 0 atom stereocenters. The summed E-state index contributed by atoms with van der Waals surface area (Å²) in [4.78, 5) is 21.1. The van der Waals surface area contributed by atoms with Gasteiger partial charge in [0.15, 0.2) is 0 Å². The lowest BCUT2D eigenvalue weighted by Gasteiger charge is -2.09. The highest BCUT2D eigenvalue weighted by Gasteiger charge is 2.13. The third-order valence-corrected chi connectivity index (χ3v) is 5.48. The van der Waals surface area contributed by atoms with Crippen LogP contribution in [0.4, 0.5) is 16.2 Å². The first-order valence-electron chi connectivity index (χ1n) is 10.9. The van der Waals surface area contributed by atoms with Crippen LogP contribution < -0.4 is 10.6 Å². The van der Waals surface area contributed by atoms with E-state index >= 15 is 0 Å². The number of aromatic nitrogens is 4. The van der Waals surface area contributed by atoms with Crippen molar-refractivity contribution in [3.8, 4) is 23.0 Å². The third-order valence-electron chi connectivity index (χ3n) is 5.25. The molecule has 0 aliphatic rings. The number of carbonyl (C=O) groups is 1. The van der Waals surface area contributed by atoms with Crippen LogP contribution in [0.2, 0.25) is 5.02 Å². The molecular weight excluding hydrogens is 464 g/mol. The van der Waals surface area contributed by atoms with Crippen LogP contribution in [0.5, 0.6) is 0 Å². The quantitative estimate of drug-likeness (QED) is 0.296. The lowest BCUT2D eigenvalue weighted by Crippen LogP contribution is -2.19. The molecule has 0 aliphatic heterocycles. The standard InChI is InChI=1S/C26H21ClN6O2/c1-17-5-9-19(10-6-17)24-31-25(35-32-24)23-15-33(16-28-23)14-18-7-11-21(12-8-18)29-26(34)30-22-4-2-3-20(27)13-22/h2-13,15-16H,14H2,1H3,(H2,29,30,34). The molecule has 0 spiro atoms. The molecule has 9 heteroatoms. The second kappa shape index (κ2) is 9.82. The molecule has 0 saturated heterocycles. The number of nitrogens with one attached hydrogen (secondary N) is 2. The van der Waals surface area contributed by atoms with Gasteiger partial charge in [-0.3, -0.25) is 0 Å². The van der Waals surface area contributed by atoms with E-state index in [0.717, 1.165) is 11.1 Å². The molecule has 0 bridgehead atoms. The number of rotatable bonds is 6. The second-order valence-electron chi connectivity index (χ2n) is 8.01. The first-order valence-corrected chi connectivity index (χ1v) is 11.2. The topological polar surface area (TPSA) is 97.9 Å². The monoisotopic (exact) mass is 484 g/mol. The average Bonchev–Trinajstić information content (AvgIpc) is 3.51. The number of urea groups is 1. The fourth-order valence-corrected chi connectivity index (χ4v) is 3.66. The third kappa shape index (κ3) is 5.56. The van der Waals surface area contributed by atoms with Crippen molar-refractivity contribution in [2.75, 3.05) is 10.6 Å². The highest BCUT2D eigenvalue weighted by Crippen LogP contribution is 2.22. The van der Waals surface area contributed by atoms with Crippen LogP contribution in [0, 0.1) is 6.92 Å². The summed E-state index contributed by atoms with van der Waals surface area (Å²) in [6.07, 6.45) is 3.58. The van der Waals surface area contributed by atoms with Gasteiger partial charge in [-0.25, -0.2) is 9.78 Å². The molecule has 2 heterocycles. The number of aryl methyl sites for hydroxylation is 1. The predicted octanol–water partition coefficient (Wildman–Crippen LogP) is 6.25.